The summed E-state index contributed by atoms with van der Waals surface area (Å²) >= 11 is 5.96. The predicted octanol–water partition coefficient (Wildman–Crippen LogP) is 3.64. The van der Waals surface area contributed by atoms with Gasteiger partial charge in [-0.1, -0.05) is 29.8 Å². The van der Waals surface area contributed by atoms with Crippen molar-refractivity contribution < 1.29 is 9.53 Å². The van der Waals surface area contributed by atoms with Gasteiger partial charge in [-0.15, -0.1) is 0 Å². The first kappa shape index (κ1) is 13.3. The smallest absolute Gasteiger partial charge is 0.213 e. The van der Waals surface area contributed by atoms with Gasteiger partial charge in [0.2, 0.25) is 5.88 Å². The SMILES string of the molecule is COc1cc(C=CC(=O)c2ccccc2Cl)ccn1. The second-order valence-electron chi connectivity index (χ2n) is 3.81. The van der Waals surface area contributed by atoms with Crippen LogP contribution in [0.15, 0.2) is 48.7 Å². The van der Waals surface area contributed by atoms with Crippen molar-refractivity contribution in [2.45, 2.75) is 0 Å². The minimum Gasteiger partial charge on any atom is -0.481 e. The Bertz CT molecular complexity index is 623. The third-order valence-electron chi connectivity index (χ3n) is 2.53. The minimum absolute atomic E-state index is 0.138. The molecule has 0 saturated carbocycles. The fraction of sp³-hybridized carbons (Fsp3) is 0.0667. The van der Waals surface area contributed by atoms with E-state index >= 15 is 0 Å². The molecule has 1 aromatic carbocycles. The van der Waals surface area contributed by atoms with Gasteiger partial charge in [-0.2, -0.15) is 0 Å². The van der Waals surface area contributed by atoms with Crippen LogP contribution >= 0.6 is 11.6 Å². The van der Waals surface area contributed by atoms with Crippen LogP contribution in [0.25, 0.3) is 6.08 Å². The number of carbonyl (C=O) groups excluding carboxylic acids is 1. The largest absolute Gasteiger partial charge is 0.481 e. The van der Waals surface area contributed by atoms with Crippen molar-refractivity contribution in [2.75, 3.05) is 7.11 Å². The molecule has 0 saturated heterocycles. The van der Waals surface area contributed by atoms with E-state index in [0.29, 0.717) is 16.5 Å². The maximum Gasteiger partial charge on any atom is 0.213 e. The highest BCUT2D eigenvalue weighted by atomic mass is 35.5. The van der Waals surface area contributed by atoms with Crippen LogP contribution in [0, 0.1) is 0 Å². The third-order valence-corrected chi connectivity index (χ3v) is 2.86. The van der Waals surface area contributed by atoms with E-state index in [-0.39, 0.29) is 5.78 Å². The molecular formula is C15H12ClNO2. The standard InChI is InChI=1S/C15H12ClNO2/c1-19-15-10-11(8-9-17-15)6-7-14(18)12-4-2-3-5-13(12)16/h2-10H,1H3. The Hall–Kier alpha value is -2.13. The Balaban J connectivity index is 2.18. The van der Waals surface area contributed by atoms with Gasteiger partial charge in [0.15, 0.2) is 5.78 Å². The molecule has 0 N–H and O–H groups in total. The number of aromatic nitrogens is 1. The lowest BCUT2D eigenvalue weighted by atomic mass is 10.1. The number of hydrogen-bond acceptors (Lipinski definition) is 3. The number of ether oxygens (including phenoxy) is 1. The predicted molar refractivity (Wildman–Crippen MR) is 75.6 cm³/mol. The van der Waals surface area contributed by atoms with Crippen molar-refractivity contribution in [1.82, 2.24) is 4.98 Å². The summed E-state index contributed by atoms with van der Waals surface area (Å²) in [6.45, 7) is 0. The molecule has 3 nitrogen and oxygen atoms in total. The summed E-state index contributed by atoms with van der Waals surface area (Å²) < 4.78 is 5.01. The molecule has 4 heteroatoms. The van der Waals surface area contributed by atoms with Gasteiger partial charge in [0.05, 0.1) is 12.1 Å². The van der Waals surface area contributed by atoms with Crippen molar-refractivity contribution in [1.29, 1.82) is 0 Å². The van der Waals surface area contributed by atoms with Gasteiger partial charge in [0, 0.05) is 17.8 Å². The molecule has 2 aromatic rings. The van der Waals surface area contributed by atoms with Gasteiger partial charge in [-0.25, -0.2) is 4.98 Å². The quantitative estimate of drug-likeness (QED) is 0.631. The lowest BCUT2D eigenvalue weighted by Gasteiger charge is -2.00. The van der Waals surface area contributed by atoms with Crippen molar-refractivity contribution in [3.8, 4) is 5.88 Å². The number of halogens is 1. The van der Waals surface area contributed by atoms with Gasteiger partial charge in [0.25, 0.3) is 0 Å². The summed E-state index contributed by atoms with van der Waals surface area (Å²) in [5.74, 6) is 0.369. The first-order valence-electron chi connectivity index (χ1n) is 5.67. The second-order valence-corrected chi connectivity index (χ2v) is 4.22. The van der Waals surface area contributed by atoms with E-state index in [1.807, 2.05) is 0 Å². The zero-order valence-corrected chi connectivity index (χ0v) is 11.1. The van der Waals surface area contributed by atoms with Crippen LogP contribution in [-0.2, 0) is 0 Å². The highest BCUT2D eigenvalue weighted by Gasteiger charge is 2.05. The lowest BCUT2D eigenvalue weighted by Crippen LogP contribution is -1.94. The van der Waals surface area contributed by atoms with Gasteiger partial charge in [0.1, 0.15) is 0 Å². The second kappa shape index (κ2) is 6.16. The third kappa shape index (κ3) is 3.42. The van der Waals surface area contributed by atoms with Crippen LogP contribution in [-0.4, -0.2) is 17.9 Å². The molecule has 0 spiro atoms. The Labute approximate surface area is 116 Å². The summed E-state index contributed by atoms with van der Waals surface area (Å²) in [5.41, 5.74) is 1.33. The van der Waals surface area contributed by atoms with E-state index in [1.54, 1.807) is 55.8 Å². The van der Waals surface area contributed by atoms with Crippen LogP contribution in [0.2, 0.25) is 5.02 Å². The average molecular weight is 274 g/mol. The zero-order chi connectivity index (χ0) is 13.7. The fourth-order valence-corrected chi connectivity index (χ4v) is 1.79. The molecule has 2 rings (SSSR count). The highest BCUT2D eigenvalue weighted by molar-refractivity contribution is 6.34. The maximum absolute atomic E-state index is 12.0. The van der Waals surface area contributed by atoms with Crippen LogP contribution < -0.4 is 4.74 Å². The van der Waals surface area contributed by atoms with E-state index < -0.39 is 0 Å². The van der Waals surface area contributed by atoms with Crippen molar-refractivity contribution >= 4 is 23.5 Å². The zero-order valence-electron chi connectivity index (χ0n) is 10.3. The number of hydrogen-bond donors (Lipinski definition) is 0. The molecule has 0 bridgehead atoms. The topological polar surface area (TPSA) is 39.2 Å². The summed E-state index contributed by atoms with van der Waals surface area (Å²) in [6, 6.07) is 10.5. The number of ketones is 1. The van der Waals surface area contributed by atoms with Crippen LogP contribution in [0.4, 0.5) is 0 Å². The molecule has 0 fully saturated rings. The van der Waals surface area contributed by atoms with E-state index in [9.17, 15) is 4.79 Å². The molecule has 0 amide bonds. The number of allylic oxidation sites excluding steroid dienone is 1. The molecule has 96 valence electrons. The molecule has 1 aromatic heterocycles. The first-order chi connectivity index (χ1) is 9.20. The molecule has 0 radical (unpaired) electrons. The van der Waals surface area contributed by atoms with E-state index in [4.69, 9.17) is 16.3 Å². The number of rotatable bonds is 4. The number of nitrogens with zero attached hydrogens (tertiary/aromatic N) is 1. The Morgan fingerprint density at radius 3 is 2.84 bits per heavy atom. The van der Waals surface area contributed by atoms with Crippen molar-refractivity contribution in [3.05, 3.63) is 64.8 Å². The molecule has 0 atom stereocenters. The number of benzene rings is 1. The van der Waals surface area contributed by atoms with Gasteiger partial charge in [-0.3, -0.25) is 4.79 Å². The Morgan fingerprint density at radius 1 is 1.32 bits per heavy atom. The molecule has 1 heterocycles. The molecule has 0 unspecified atom stereocenters. The maximum atomic E-state index is 12.0. The molecule has 19 heavy (non-hydrogen) atoms. The van der Waals surface area contributed by atoms with Gasteiger partial charge < -0.3 is 4.74 Å². The number of methoxy groups -OCH3 is 1. The first-order valence-corrected chi connectivity index (χ1v) is 6.05. The molecule has 0 aliphatic heterocycles. The van der Waals surface area contributed by atoms with Gasteiger partial charge in [-0.05, 0) is 29.8 Å². The van der Waals surface area contributed by atoms with Gasteiger partial charge >= 0.3 is 0 Å². The summed E-state index contributed by atoms with van der Waals surface area (Å²) in [4.78, 5) is 16.0. The Kier molecular flexibility index (Phi) is 4.31. The minimum atomic E-state index is -0.138. The van der Waals surface area contributed by atoms with Crippen LogP contribution in [0.5, 0.6) is 5.88 Å². The summed E-state index contributed by atoms with van der Waals surface area (Å²) in [7, 11) is 1.55. The summed E-state index contributed by atoms with van der Waals surface area (Å²) in [6.07, 6.45) is 4.81. The highest BCUT2D eigenvalue weighted by Crippen LogP contribution is 2.17. The van der Waals surface area contributed by atoms with Crippen molar-refractivity contribution in [2.24, 2.45) is 0 Å². The number of carbonyl (C=O) groups is 1. The summed E-state index contributed by atoms with van der Waals surface area (Å²) in [5, 5.41) is 0.449. The van der Waals surface area contributed by atoms with E-state index in [2.05, 4.69) is 4.98 Å². The molecule has 0 aliphatic carbocycles. The average Bonchev–Trinajstić information content (AvgIpc) is 2.45. The van der Waals surface area contributed by atoms with Crippen LogP contribution in [0.1, 0.15) is 15.9 Å². The van der Waals surface area contributed by atoms with E-state index in [0.717, 1.165) is 5.56 Å². The Morgan fingerprint density at radius 2 is 2.11 bits per heavy atom. The van der Waals surface area contributed by atoms with Crippen molar-refractivity contribution in [3.63, 3.8) is 0 Å². The van der Waals surface area contributed by atoms with Crippen LogP contribution in [0.3, 0.4) is 0 Å². The lowest BCUT2D eigenvalue weighted by molar-refractivity contribution is 0.104. The fourth-order valence-electron chi connectivity index (χ4n) is 1.56. The van der Waals surface area contributed by atoms with E-state index in [1.165, 1.54) is 6.08 Å². The molecule has 0 aliphatic rings. The normalized spacial score (nSPS) is 10.6. The monoisotopic (exact) mass is 273 g/mol. The molecular weight excluding hydrogens is 262 g/mol. The number of pyridine rings is 1.